The molecular weight excluding hydrogens is 273 g/mol. The third-order valence-electron chi connectivity index (χ3n) is 5.13. The van der Waals surface area contributed by atoms with Crippen molar-refractivity contribution in [2.45, 2.75) is 38.9 Å². The SMILES string of the molecule is CC1(C)OB(c2cccc3c2ccc2cc[nH]c23)OC1(C)C. The summed E-state index contributed by atoms with van der Waals surface area (Å²) in [6.45, 7) is 8.34. The molecule has 0 bridgehead atoms. The van der Waals surface area contributed by atoms with Gasteiger partial charge in [-0.3, -0.25) is 0 Å². The third kappa shape index (κ3) is 1.84. The molecule has 1 fully saturated rings. The van der Waals surface area contributed by atoms with E-state index in [1.807, 2.05) is 6.20 Å². The summed E-state index contributed by atoms with van der Waals surface area (Å²) in [6, 6.07) is 12.7. The first-order valence-corrected chi connectivity index (χ1v) is 7.73. The summed E-state index contributed by atoms with van der Waals surface area (Å²) < 4.78 is 12.4. The molecule has 0 aliphatic carbocycles. The van der Waals surface area contributed by atoms with Crippen LogP contribution in [-0.2, 0) is 9.31 Å². The van der Waals surface area contributed by atoms with Gasteiger partial charge >= 0.3 is 7.12 Å². The first-order chi connectivity index (χ1) is 10.4. The Morgan fingerprint density at radius 2 is 1.59 bits per heavy atom. The number of fused-ring (bicyclic) bond motifs is 3. The number of hydrogen-bond donors (Lipinski definition) is 1. The Kier molecular flexibility index (Phi) is 2.75. The largest absolute Gasteiger partial charge is 0.495 e. The summed E-state index contributed by atoms with van der Waals surface area (Å²) in [4.78, 5) is 3.33. The van der Waals surface area contributed by atoms with Gasteiger partial charge in [0.25, 0.3) is 0 Å². The molecule has 3 aromatic rings. The lowest BCUT2D eigenvalue weighted by atomic mass is 9.76. The summed E-state index contributed by atoms with van der Waals surface area (Å²) in [6.07, 6.45) is 1.98. The maximum absolute atomic E-state index is 6.22. The van der Waals surface area contributed by atoms with E-state index in [1.54, 1.807) is 0 Å². The highest BCUT2D eigenvalue weighted by atomic mass is 16.7. The Labute approximate surface area is 130 Å². The van der Waals surface area contributed by atoms with Crippen molar-refractivity contribution in [3.63, 3.8) is 0 Å². The topological polar surface area (TPSA) is 34.2 Å². The molecule has 0 radical (unpaired) electrons. The van der Waals surface area contributed by atoms with Crippen molar-refractivity contribution in [1.29, 1.82) is 0 Å². The van der Waals surface area contributed by atoms with Crippen LogP contribution >= 0.6 is 0 Å². The molecule has 1 N–H and O–H groups in total. The summed E-state index contributed by atoms with van der Waals surface area (Å²) >= 11 is 0. The molecule has 1 aromatic heterocycles. The molecule has 1 aliphatic heterocycles. The first kappa shape index (κ1) is 13.9. The van der Waals surface area contributed by atoms with Crippen molar-refractivity contribution in [2.75, 3.05) is 0 Å². The molecule has 3 nitrogen and oxygen atoms in total. The summed E-state index contributed by atoms with van der Waals surface area (Å²) in [5, 5.41) is 3.60. The summed E-state index contributed by atoms with van der Waals surface area (Å²) in [5.41, 5.74) is 1.61. The van der Waals surface area contributed by atoms with Crippen LogP contribution in [0.15, 0.2) is 42.6 Å². The maximum atomic E-state index is 6.22. The molecule has 4 heteroatoms. The standard InChI is InChI=1S/C18H20BNO2/c1-17(2)18(3,4)22-19(21-17)15-7-5-6-14-13(15)9-8-12-10-11-20-16(12)14/h5-11,20H,1-4H3. The monoisotopic (exact) mass is 293 g/mol. The molecule has 0 saturated carbocycles. The van der Waals surface area contributed by atoms with E-state index in [0.717, 1.165) is 11.0 Å². The van der Waals surface area contributed by atoms with Crippen molar-refractivity contribution >= 4 is 34.3 Å². The predicted molar refractivity (Wildman–Crippen MR) is 91.5 cm³/mol. The normalized spacial score (nSPS) is 20.1. The second kappa shape index (κ2) is 4.37. The van der Waals surface area contributed by atoms with Gasteiger partial charge in [0.05, 0.1) is 16.7 Å². The van der Waals surface area contributed by atoms with Crippen molar-refractivity contribution in [3.05, 3.63) is 42.6 Å². The number of nitrogens with one attached hydrogen (secondary N) is 1. The van der Waals surface area contributed by atoms with E-state index < -0.39 is 0 Å². The summed E-state index contributed by atoms with van der Waals surface area (Å²) in [7, 11) is -0.332. The van der Waals surface area contributed by atoms with Crippen LogP contribution in [0.4, 0.5) is 0 Å². The first-order valence-electron chi connectivity index (χ1n) is 7.73. The Morgan fingerprint density at radius 3 is 2.32 bits per heavy atom. The van der Waals surface area contributed by atoms with Gasteiger partial charge in [0.15, 0.2) is 0 Å². The van der Waals surface area contributed by atoms with E-state index in [1.165, 1.54) is 16.2 Å². The lowest BCUT2D eigenvalue weighted by Gasteiger charge is -2.32. The van der Waals surface area contributed by atoms with Gasteiger partial charge in [0.2, 0.25) is 0 Å². The molecule has 0 atom stereocenters. The lowest BCUT2D eigenvalue weighted by molar-refractivity contribution is 0.00578. The molecular formula is C18H20BNO2. The minimum absolute atomic E-state index is 0.323. The highest BCUT2D eigenvalue weighted by molar-refractivity contribution is 6.65. The zero-order chi connectivity index (χ0) is 15.5. The Bertz CT molecular complexity index is 850. The molecule has 0 amide bonds. The molecule has 1 aliphatic rings. The van der Waals surface area contributed by atoms with Gasteiger partial charge in [-0.25, -0.2) is 0 Å². The average Bonchev–Trinajstić information content (AvgIpc) is 3.01. The van der Waals surface area contributed by atoms with Crippen LogP contribution in [-0.4, -0.2) is 23.3 Å². The van der Waals surface area contributed by atoms with Gasteiger partial charge < -0.3 is 14.3 Å². The number of aromatic nitrogens is 1. The second-order valence-electron chi connectivity index (χ2n) is 7.04. The Morgan fingerprint density at radius 1 is 0.864 bits per heavy atom. The number of H-pyrrole nitrogens is 1. The molecule has 0 spiro atoms. The van der Waals surface area contributed by atoms with Gasteiger partial charge in [-0.05, 0) is 44.6 Å². The molecule has 22 heavy (non-hydrogen) atoms. The third-order valence-corrected chi connectivity index (χ3v) is 5.13. The molecule has 4 rings (SSSR count). The molecule has 2 heterocycles. The fourth-order valence-corrected chi connectivity index (χ4v) is 3.09. The van der Waals surface area contributed by atoms with E-state index in [0.29, 0.717) is 0 Å². The molecule has 112 valence electrons. The van der Waals surface area contributed by atoms with Crippen molar-refractivity contribution in [3.8, 4) is 0 Å². The molecule has 1 saturated heterocycles. The smallest absolute Gasteiger partial charge is 0.399 e. The van der Waals surface area contributed by atoms with E-state index in [4.69, 9.17) is 9.31 Å². The number of benzene rings is 2. The fourth-order valence-electron chi connectivity index (χ4n) is 3.09. The maximum Gasteiger partial charge on any atom is 0.495 e. The van der Waals surface area contributed by atoms with Crippen LogP contribution in [0.5, 0.6) is 0 Å². The number of aromatic amines is 1. The fraction of sp³-hybridized carbons (Fsp3) is 0.333. The lowest BCUT2D eigenvalue weighted by Crippen LogP contribution is -2.41. The van der Waals surface area contributed by atoms with Crippen molar-refractivity contribution in [2.24, 2.45) is 0 Å². The van der Waals surface area contributed by atoms with E-state index in [-0.39, 0.29) is 18.3 Å². The zero-order valence-corrected chi connectivity index (χ0v) is 13.4. The zero-order valence-electron chi connectivity index (χ0n) is 13.4. The van der Waals surface area contributed by atoms with Gasteiger partial charge in [0, 0.05) is 17.0 Å². The van der Waals surface area contributed by atoms with Crippen LogP contribution in [0.25, 0.3) is 21.7 Å². The van der Waals surface area contributed by atoms with E-state index in [9.17, 15) is 0 Å². The average molecular weight is 293 g/mol. The summed E-state index contributed by atoms with van der Waals surface area (Å²) in [5.74, 6) is 0. The molecule has 2 aromatic carbocycles. The highest BCUT2D eigenvalue weighted by Gasteiger charge is 2.52. The van der Waals surface area contributed by atoms with Crippen molar-refractivity contribution in [1.82, 2.24) is 4.98 Å². The van der Waals surface area contributed by atoms with Gasteiger partial charge in [-0.2, -0.15) is 0 Å². The number of rotatable bonds is 1. The van der Waals surface area contributed by atoms with Crippen LogP contribution < -0.4 is 5.46 Å². The Hall–Kier alpha value is -1.78. The second-order valence-corrected chi connectivity index (χ2v) is 7.04. The Balaban J connectivity index is 1.90. The number of hydrogen-bond acceptors (Lipinski definition) is 2. The molecule has 0 unspecified atom stereocenters. The van der Waals surface area contributed by atoms with Crippen LogP contribution in [0.1, 0.15) is 27.7 Å². The van der Waals surface area contributed by atoms with Gasteiger partial charge in [-0.1, -0.05) is 30.3 Å². The highest BCUT2D eigenvalue weighted by Crippen LogP contribution is 2.37. The van der Waals surface area contributed by atoms with Gasteiger partial charge in [0.1, 0.15) is 0 Å². The van der Waals surface area contributed by atoms with Crippen molar-refractivity contribution < 1.29 is 9.31 Å². The van der Waals surface area contributed by atoms with Crippen LogP contribution in [0, 0.1) is 0 Å². The minimum atomic E-state index is -0.332. The van der Waals surface area contributed by atoms with E-state index >= 15 is 0 Å². The van der Waals surface area contributed by atoms with E-state index in [2.05, 4.69) is 69.1 Å². The van der Waals surface area contributed by atoms with Gasteiger partial charge in [-0.15, -0.1) is 0 Å². The predicted octanol–water partition coefficient (Wildman–Crippen LogP) is 3.62. The van der Waals surface area contributed by atoms with Crippen LogP contribution in [0.3, 0.4) is 0 Å². The minimum Gasteiger partial charge on any atom is -0.399 e. The van der Waals surface area contributed by atoms with Crippen LogP contribution in [0.2, 0.25) is 0 Å². The quantitative estimate of drug-likeness (QED) is 0.695.